The van der Waals surface area contributed by atoms with E-state index in [4.69, 9.17) is 5.26 Å². The van der Waals surface area contributed by atoms with Gasteiger partial charge in [0.25, 0.3) is 0 Å². The number of nitrogens with zero attached hydrogens (tertiary/aromatic N) is 1. The molecule has 16 heavy (non-hydrogen) atoms. The number of nitrogens with one attached hydrogen (secondary N) is 1. The monoisotopic (exact) mass is 282 g/mol. The van der Waals surface area contributed by atoms with Gasteiger partial charge in [0.1, 0.15) is 6.07 Å². The van der Waals surface area contributed by atoms with Gasteiger partial charge in [0.2, 0.25) is 0 Å². The largest absolute Gasteiger partial charge is 0.391 e. The lowest BCUT2D eigenvalue weighted by Crippen LogP contribution is -2.42. The summed E-state index contributed by atoms with van der Waals surface area (Å²) in [6, 6.07) is 7.56. The second kappa shape index (κ2) is 4.86. The zero-order valence-corrected chi connectivity index (χ0v) is 11.2. The first-order valence-electron chi connectivity index (χ1n) is 5.02. The fraction of sp³-hybridized carbons (Fsp3) is 0.417. The van der Waals surface area contributed by atoms with Gasteiger partial charge in [0.15, 0.2) is 0 Å². The van der Waals surface area contributed by atoms with Crippen LogP contribution in [0.2, 0.25) is 0 Å². The Labute approximate surface area is 104 Å². The van der Waals surface area contributed by atoms with E-state index < -0.39 is 11.6 Å². The minimum atomic E-state index is -0.511. The molecule has 0 fully saturated rings. The molecule has 0 spiro atoms. The van der Waals surface area contributed by atoms with E-state index in [2.05, 4.69) is 27.3 Å². The normalized spacial score (nSPS) is 13.0. The Morgan fingerprint density at radius 3 is 2.62 bits per heavy atom. The minimum absolute atomic E-state index is 0.473. The van der Waals surface area contributed by atoms with E-state index in [1.54, 1.807) is 13.0 Å². The SMILES string of the molecule is CC(O)C(C)(C)Nc1ccc(Br)cc1C#N. The Balaban J connectivity index is 3.03. The molecule has 0 amide bonds. The maximum Gasteiger partial charge on any atom is 0.101 e. The molecule has 0 aromatic heterocycles. The predicted molar refractivity (Wildman–Crippen MR) is 68.2 cm³/mol. The zero-order chi connectivity index (χ0) is 12.3. The van der Waals surface area contributed by atoms with Gasteiger partial charge in [0, 0.05) is 4.47 Å². The Bertz CT molecular complexity index is 422. The summed E-state index contributed by atoms with van der Waals surface area (Å²) in [5.74, 6) is 0. The summed E-state index contributed by atoms with van der Waals surface area (Å²) < 4.78 is 0.865. The quantitative estimate of drug-likeness (QED) is 0.896. The number of aliphatic hydroxyl groups excluding tert-OH is 1. The van der Waals surface area contributed by atoms with E-state index in [-0.39, 0.29) is 0 Å². The Kier molecular flexibility index (Phi) is 3.95. The summed E-state index contributed by atoms with van der Waals surface area (Å²) in [5.41, 5.74) is 0.819. The molecule has 2 N–H and O–H groups in total. The summed E-state index contributed by atoms with van der Waals surface area (Å²) in [7, 11) is 0. The Morgan fingerprint density at radius 1 is 1.50 bits per heavy atom. The van der Waals surface area contributed by atoms with Crippen LogP contribution in [0.15, 0.2) is 22.7 Å². The van der Waals surface area contributed by atoms with Crippen LogP contribution in [-0.4, -0.2) is 16.7 Å². The van der Waals surface area contributed by atoms with Crippen molar-refractivity contribution >= 4 is 21.6 Å². The number of halogens is 1. The van der Waals surface area contributed by atoms with Crippen LogP contribution in [0.25, 0.3) is 0 Å². The molecular weight excluding hydrogens is 268 g/mol. The van der Waals surface area contributed by atoms with Gasteiger partial charge >= 0.3 is 0 Å². The van der Waals surface area contributed by atoms with Gasteiger partial charge in [-0.15, -0.1) is 0 Å². The van der Waals surface area contributed by atoms with Crippen molar-refractivity contribution < 1.29 is 5.11 Å². The highest BCUT2D eigenvalue weighted by atomic mass is 79.9. The van der Waals surface area contributed by atoms with Crippen molar-refractivity contribution in [3.8, 4) is 6.07 Å². The van der Waals surface area contributed by atoms with Crippen molar-refractivity contribution in [3.05, 3.63) is 28.2 Å². The van der Waals surface area contributed by atoms with Gasteiger partial charge < -0.3 is 10.4 Å². The van der Waals surface area contributed by atoms with E-state index >= 15 is 0 Å². The van der Waals surface area contributed by atoms with Gasteiger partial charge in [-0.25, -0.2) is 0 Å². The van der Waals surface area contributed by atoms with Crippen LogP contribution in [0.3, 0.4) is 0 Å². The minimum Gasteiger partial charge on any atom is -0.391 e. The van der Waals surface area contributed by atoms with Crippen molar-refractivity contribution in [2.45, 2.75) is 32.4 Å². The number of aliphatic hydroxyl groups is 1. The molecule has 0 bridgehead atoms. The molecule has 0 saturated heterocycles. The average Bonchev–Trinajstić information content (AvgIpc) is 2.20. The highest BCUT2D eigenvalue weighted by molar-refractivity contribution is 9.10. The highest BCUT2D eigenvalue weighted by Crippen LogP contribution is 2.24. The first-order chi connectivity index (χ1) is 7.36. The third kappa shape index (κ3) is 2.97. The van der Waals surface area contributed by atoms with E-state index in [0.717, 1.165) is 10.2 Å². The van der Waals surface area contributed by atoms with Crippen molar-refractivity contribution in [1.82, 2.24) is 0 Å². The summed E-state index contributed by atoms with van der Waals surface area (Å²) in [6.07, 6.45) is -0.511. The lowest BCUT2D eigenvalue weighted by Gasteiger charge is -2.31. The lowest BCUT2D eigenvalue weighted by atomic mass is 9.97. The molecule has 0 aliphatic heterocycles. The van der Waals surface area contributed by atoms with Crippen LogP contribution in [-0.2, 0) is 0 Å². The van der Waals surface area contributed by atoms with Crippen molar-refractivity contribution in [2.75, 3.05) is 5.32 Å². The lowest BCUT2D eigenvalue weighted by molar-refractivity contribution is 0.133. The van der Waals surface area contributed by atoms with Crippen LogP contribution < -0.4 is 5.32 Å². The molecule has 1 aromatic rings. The molecule has 86 valence electrons. The van der Waals surface area contributed by atoms with Crippen LogP contribution >= 0.6 is 15.9 Å². The fourth-order valence-corrected chi connectivity index (χ4v) is 1.53. The first kappa shape index (κ1) is 13.0. The van der Waals surface area contributed by atoms with Crippen LogP contribution in [0, 0.1) is 11.3 Å². The fourth-order valence-electron chi connectivity index (χ4n) is 1.17. The van der Waals surface area contributed by atoms with Crippen molar-refractivity contribution in [1.29, 1.82) is 5.26 Å². The number of anilines is 1. The molecular formula is C12H15BrN2O. The highest BCUT2D eigenvalue weighted by Gasteiger charge is 2.24. The van der Waals surface area contributed by atoms with Gasteiger partial charge in [-0.3, -0.25) is 0 Å². The number of hydrogen-bond donors (Lipinski definition) is 2. The van der Waals surface area contributed by atoms with Crippen LogP contribution in [0.1, 0.15) is 26.3 Å². The smallest absolute Gasteiger partial charge is 0.101 e. The molecule has 0 aliphatic carbocycles. The van der Waals surface area contributed by atoms with E-state index in [1.807, 2.05) is 26.0 Å². The predicted octanol–water partition coefficient (Wildman–Crippen LogP) is 2.89. The molecule has 1 aromatic carbocycles. The van der Waals surface area contributed by atoms with Crippen LogP contribution in [0.5, 0.6) is 0 Å². The molecule has 0 saturated carbocycles. The van der Waals surface area contributed by atoms with Crippen molar-refractivity contribution in [3.63, 3.8) is 0 Å². The summed E-state index contributed by atoms with van der Waals surface area (Å²) >= 11 is 3.32. The van der Waals surface area contributed by atoms with Gasteiger partial charge in [-0.2, -0.15) is 5.26 Å². The van der Waals surface area contributed by atoms with E-state index in [9.17, 15) is 5.11 Å². The van der Waals surface area contributed by atoms with E-state index in [1.165, 1.54) is 0 Å². The summed E-state index contributed by atoms with van der Waals surface area (Å²) in [6.45, 7) is 5.50. The molecule has 1 rings (SSSR count). The molecule has 0 radical (unpaired) electrons. The van der Waals surface area contributed by atoms with Gasteiger partial charge in [0.05, 0.1) is 22.9 Å². The maximum absolute atomic E-state index is 9.60. The molecule has 0 aliphatic rings. The zero-order valence-electron chi connectivity index (χ0n) is 9.58. The van der Waals surface area contributed by atoms with Gasteiger partial charge in [-0.05, 0) is 39.0 Å². The second-order valence-electron chi connectivity index (χ2n) is 4.32. The molecule has 0 heterocycles. The maximum atomic E-state index is 9.60. The third-order valence-electron chi connectivity index (χ3n) is 2.60. The topological polar surface area (TPSA) is 56.0 Å². The third-order valence-corrected chi connectivity index (χ3v) is 3.10. The van der Waals surface area contributed by atoms with Gasteiger partial charge in [-0.1, -0.05) is 15.9 Å². The van der Waals surface area contributed by atoms with E-state index in [0.29, 0.717) is 5.56 Å². The number of rotatable bonds is 3. The standard InChI is InChI=1S/C12H15BrN2O/c1-8(16)12(2,3)15-11-5-4-10(13)6-9(11)7-14/h4-6,8,15-16H,1-3H3. The Morgan fingerprint density at radius 2 is 2.12 bits per heavy atom. The first-order valence-corrected chi connectivity index (χ1v) is 5.82. The van der Waals surface area contributed by atoms with Crippen molar-refractivity contribution in [2.24, 2.45) is 0 Å². The molecule has 1 atom stereocenters. The second-order valence-corrected chi connectivity index (χ2v) is 5.24. The molecule has 4 heteroatoms. The number of hydrogen-bond acceptors (Lipinski definition) is 3. The molecule has 3 nitrogen and oxygen atoms in total. The number of benzene rings is 1. The van der Waals surface area contributed by atoms with Crippen LogP contribution in [0.4, 0.5) is 5.69 Å². The Hall–Kier alpha value is -1.05. The summed E-state index contributed by atoms with van der Waals surface area (Å²) in [5, 5.41) is 21.8. The number of nitriles is 1. The average molecular weight is 283 g/mol. The summed E-state index contributed by atoms with van der Waals surface area (Å²) in [4.78, 5) is 0. The molecule has 1 unspecified atom stereocenters.